The number of hydrogen-bond donors (Lipinski definition) is 1. The van der Waals surface area contributed by atoms with Crippen LogP contribution in [-0.2, 0) is 6.42 Å². The van der Waals surface area contributed by atoms with Crippen LogP contribution < -0.4 is 10.5 Å². The lowest BCUT2D eigenvalue weighted by atomic mass is 10.1. The van der Waals surface area contributed by atoms with E-state index in [4.69, 9.17) is 14.9 Å². The van der Waals surface area contributed by atoms with E-state index in [2.05, 4.69) is 9.97 Å². The standard InChI is InChI=1S/C24H25N3O3S/c1-14-21-19(29-11-9-18(25)12-17-6-5-10-26-13-17)7-4-8-20(21)30-23(14)22(28)24-27-15(2)16(3)31-24/h4-8,10,13,18H,9,11-12,25H2,1-3H3. The average molecular weight is 436 g/mol. The summed E-state index contributed by atoms with van der Waals surface area (Å²) in [6.07, 6.45) is 5.03. The van der Waals surface area contributed by atoms with Gasteiger partial charge in [-0.25, -0.2) is 4.98 Å². The highest BCUT2D eigenvalue weighted by atomic mass is 32.1. The molecule has 0 amide bonds. The Morgan fingerprint density at radius 1 is 1.23 bits per heavy atom. The molecule has 1 atom stereocenters. The fourth-order valence-corrected chi connectivity index (χ4v) is 4.36. The van der Waals surface area contributed by atoms with Crippen molar-refractivity contribution in [3.8, 4) is 5.75 Å². The first-order valence-electron chi connectivity index (χ1n) is 10.2. The number of nitrogens with zero attached hydrogens (tertiary/aromatic N) is 2. The number of hydrogen-bond acceptors (Lipinski definition) is 7. The van der Waals surface area contributed by atoms with E-state index in [1.54, 1.807) is 6.20 Å². The monoisotopic (exact) mass is 435 g/mol. The van der Waals surface area contributed by atoms with Gasteiger partial charge in [0.25, 0.3) is 5.78 Å². The van der Waals surface area contributed by atoms with Gasteiger partial charge < -0.3 is 14.9 Å². The number of ketones is 1. The molecule has 4 rings (SSSR count). The van der Waals surface area contributed by atoms with Crippen molar-refractivity contribution in [2.75, 3.05) is 6.61 Å². The number of nitrogens with two attached hydrogens (primary N) is 1. The molecule has 1 aromatic carbocycles. The van der Waals surface area contributed by atoms with Crippen LogP contribution in [0.5, 0.6) is 5.75 Å². The Morgan fingerprint density at radius 2 is 2.06 bits per heavy atom. The van der Waals surface area contributed by atoms with E-state index in [1.165, 1.54) is 11.3 Å². The van der Waals surface area contributed by atoms with Crippen LogP contribution in [0.4, 0.5) is 0 Å². The third-order valence-corrected chi connectivity index (χ3v) is 6.38. The molecule has 0 aliphatic carbocycles. The van der Waals surface area contributed by atoms with Crippen molar-refractivity contribution in [2.24, 2.45) is 5.73 Å². The number of aromatic nitrogens is 2. The van der Waals surface area contributed by atoms with Crippen molar-refractivity contribution in [1.29, 1.82) is 0 Å². The van der Waals surface area contributed by atoms with Gasteiger partial charge >= 0.3 is 0 Å². The minimum absolute atomic E-state index is 0.0256. The second-order valence-electron chi connectivity index (χ2n) is 7.64. The maximum Gasteiger partial charge on any atom is 0.256 e. The normalized spacial score (nSPS) is 12.3. The number of benzene rings is 1. The topological polar surface area (TPSA) is 91.2 Å². The molecule has 1 unspecified atom stereocenters. The molecule has 0 saturated carbocycles. The lowest BCUT2D eigenvalue weighted by Crippen LogP contribution is -2.25. The smallest absolute Gasteiger partial charge is 0.256 e. The van der Waals surface area contributed by atoms with E-state index >= 15 is 0 Å². The predicted molar refractivity (Wildman–Crippen MR) is 122 cm³/mol. The van der Waals surface area contributed by atoms with Gasteiger partial charge in [0.2, 0.25) is 0 Å². The Kier molecular flexibility index (Phi) is 6.15. The molecule has 7 heteroatoms. The van der Waals surface area contributed by atoms with Gasteiger partial charge in [0.15, 0.2) is 10.8 Å². The van der Waals surface area contributed by atoms with Crippen LogP contribution in [0.2, 0.25) is 0 Å². The molecular weight excluding hydrogens is 410 g/mol. The van der Waals surface area contributed by atoms with Crippen LogP contribution in [0.15, 0.2) is 47.1 Å². The maximum atomic E-state index is 13.0. The first kappa shape index (κ1) is 21.2. The van der Waals surface area contributed by atoms with Crippen molar-refractivity contribution in [1.82, 2.24) is 9.97 Å². The van der Waals surface area contributed by atoms with E-state index < -0.39 is 0 Å². The quantitative estimate of drug-likeness (QED) is 0.401. The second kappa shape index (κ2) is 8.99. The van der Waals surface area contributed by atoms with Crippen LogP contribution in [-0.4, -0.2) is 28.4 Å². The first-order valence-corrected chi connectivity index (χ1v) is 11.0. The van der Waals surface area contributed by atoms with Gasteiger partial charge in [-0.2, -0.15) is 0 Å². The predicted octanol–water partition coefficient (Wildman–Crippen LogP) is 4.78. The van der Waals surface area contributed by atoms with Gasteiger partial charge in [-0.15, -0.1) is 11.3 Å². The summed E-state index contributed by atoms with van der Waals surface area (Å²) in [6, 6.07) is 9.51. The van der Waals surface area contributed by atoms with E-state index in [1.807, 2.05) is 57.3 Å². The molecule has 3 heterocycles. The summed E-state index contributed by atoms with van der Waals surface area (Å²) in [5.74, 6) is 0.810. The van der Waals surface area contributed by atoms with E-state index in [0.29, 0.717) is 35.1 Å². The van der Waals surface area contributed by atoms with Gasteiger partial charge in [-0.05, 0) is 57.4 Å². The minimum atomic E-state index is -0.195. The molecule has 0 radical (unpaired) electrons. The molecule has 0 fully saturated rings. The number of fused-ring (bicyclic) bond motifs is 1. The summed E-state index contributed by atoms with van der Waals surface area (Å²) in [5, 5.41) is 1.26. The molecule has 0 spiro atoms. The third kappa shape index (κ3) is 4.52. The molecule has 160 valence electrons. The second-order valence-corrected chi connectivity index (χ2v) is 8.84. The van der Waals surface area contributed by atoms with E-state index in [-0.39, 0.29) is 11.8 Å². The summed E-state index contributed by atoms with van der Waals surface area (Å²) in [6.45, 7) is 6.21. The van der Waals surface area contributed by atoms with E-state index in [9.17, 15) is 4.79 Å². The number of ether oxygens (including phenoxy) is 1. The van der Waals surface area contributed by atoms with Gasteiger partial charge in [-0.3, -0.25) is 9.78 Å². The Morgan fingerprint density at radius 3 is 2.77 bits per heavy atom. The Bertz CT molecular complexity index is 1190. The molecule has 31 heavy (non-hydrogen) atoms. The molecule has 3 aromatic heterocycles. The van der Waals surface area contributed by atoms with Crippen LogP contribution >= 0.6 is 11.3 Å². The highest BCUT2D eigenvalue weighted by Crippen LogP contribution is 2.35. The minimum Gasteiger partial charge on any atom is -0.493 e. The third-order valence-electron chi connectivity index (χ3n) is 5.31. The number of thiazole rings is 1. The zero-order valence-electron chi connectivity index (χ0n) is 17.8. The Labute approximate surface area is 185 Å². The lowest BCUT2D eigenvalue weighted by Gasteiger charge is -2.13. The molecule has 6 nitrogen and oxygen atoms in total. The number of aryl methyl sites for hydroxylation is 3. The molecule has 0 saturated heterocycles. The van der Waals surface area contributed by atoms with Gasteiger partial charge in [0, 0.05) is 28.9 Å². The van der Waals surface area contributed by atoms with Crippen LogP contribution in [0.3, 0.4) is 0 Å². The van der Waals surface area contributed by atoms with E-state index in [0.717, 1.165) is 33.5 Å². The van der Waals surface area contributed by atoms with Crippen molar-refractivity contribution in [3.05, 3.63) is 75.2 Å². The maximum absolute atomic E-state index is 13.0. The summed E-state index contributed by atoms with van der Waals surface area (Å²) >= 11 is 1.39. The summed E-state index contributed by atoms with van der Waals surface area (Å²) in [7, 11) is 0. The number of rotatable bonds is 8. The van der Waals surface area contributed by atoms with Crippen molar-refractivity contribution in [2.45, 2.75) is 39.7 Å². The Balaban J connectivity index is 1.49. The van der Waals surface area contributed by atoms with Crippen molar-refractivity contribution >= 4 is 28.1 Å². The number of furan rings is 1. The molecule has 0 aliphatic heterocycles. The van der Waals surface area contributed by atoms with Crippen molar-refractivity contribution in [3.63, 3.8) is 0 Å². The first-order chi connectivity index (χ1) is 14.9. The molecule has 0 aliphatic rings. The van der Waals surface area contributed by atoms with Crippen LogP contribution in [0, 0.1) is 20.8 Å². The van der Waals surface area contributed by atoms with Crippen LogP contribution in [0.1, 0.15) is 43.7 Å². The van der Waals surface area contributed by atoms with Crippen LogP contribution in [0.25, 0.3) is 11.0 Å². The molecular formula is C24H25N3O3S. The van der Waals surface area contributed by atoms with Crippen molar-refractivity contribution < 1.29 is 13.9 Å². The largest absolute Gasteiger partial charge is 0.493 e. The zero-order chi connectivity index (χ0) is 22.0. The number of carbonyl (C=O) groups excluding carboxylic acids is 1. The Hall–Kier alpha value is -3.03. The summed E-state index contributed by atoms with van der Waals surface area (Å²) < 4.78 is 12.0. The molecule has 0 bridgehead atoms. The lowest BCUT2D eigenvalue weighted by molar-refractivity contribution is 0.101. The number of carbonyl (C=O) groups is 1. The zero-order valence-corrected chi connectivity index (χ0v) is 18.7. The highest BCUT2D eigenvalue weighted by Gasteiger charge is 2.24. The summed E-state index contributed by atoms with van der Waals surface area (Å²) in [5.41, 5.74) is 9.63. The average Bonchev–Trinajstić information content (AvgIpc) is 3.28. The van der Waals surface area contributed by atoms with Gasteiger partial charge in [-0.1, -0.05) is 12.1 Å². The molecule has 2 N–H and O–H groups in total. The SMILES string of the molecule is Cc1nc(C(=O)c2oc3cccc(OCCC(N)Cc4cccnc4)c3c2C)sc1C. The fraction of sp³-hybridized carbons (Fsp3) is 0.292. The fourth-order valence-electron chi connectivity index (χ4n) is 3.51. The molecule has 4 aromatic rings. The number of pyridine rings is 1. The van der Waals surface area contributed by atoms with Gasteiger partial charge in [0.05, 0.1) is 17.7 Å². The van der Waals surface area contributed by atoms with Gasteiger partial charge in [0.1, 0.15) is 11.3 Å². The highest BCUT2D eigenvalue weighted by molar-refractivity contribution is 7.13. The summed E-state index contributed by atoms with van der Waals surface area (Å²) in [4.78, 5) is 22.5.